The summed E-state index contributed by atoms with van der Waals surface area (Å²) in [6.07, 6.45) is 7.79. The highest BCUT2D eigenvalue weighted by Crippen LogP contribution is 2.54. The summed E-state index contributed by atoms with van der Waals surface area (Å²) in [4.78, 5) is 12.1. The van der Waals surface area contributed by atoms with Crippen molar-refractivity contribution in [3.63, 3.8) is 0 Å². The van der Waals surface area contributed by atoms with E-state index in [4.69, 9.17) is 4.52 Å². The van der Waals surface area contributed by atoms with Crippen molar-refractivity contribution >= 4 is 35.6 Å². The van der Waals surface area contributed by atoms with Crippen LogP contribution in [-0.4, -0.2) is 38.2 Å². The number of benzene rings is 1. The van der Waals surface area contributed by atoms with Crippen molar-refractivity contribution in [3.8, 4) is 0 Å². The molecule has 4 nitrogen and oxygen atoms in total. The number of carbonyl (C=O) groups excluding carboxylic acids is 1. The van der Waals surface area contributed by atoms with Crippen LogP contribution in [0.1, 0.15) is 53.8 Å². The molecule has 7 heteroatoms. The molecule has 1 amide bonds. The molecule has 2 atom stereocenters. The van der Waals surface area contributed by atoms with Gasteiger partial charge in [0.1, 0.15) is 0 Å². The number of carbonyl (C=O) groups is 1. The fraction of sp³-hybridized carbons (Fsp3) is 0.611. The van der Waals surface area contributed by atoms with Gasteiger partial charge in [-0.15, -0.1) is 0 Å². The first-order chi connectivity index (χ1) is 11.9. The zero-order valence-corrected chi connectivity index (χ0v) is 18.1. The molecule has 142 valence electrons. The Balaban J connectivity index is 2.15. The third-order valence-corrected chi connectivity index (χ3v) is 8.61. The Morgan fingerprint density at radius 3 is 2.40 bits per heavy atom. The van der Waals surface area contributed by atoms with Gasteiger partial charge in [0.05, 0.1) is 6.61 Å². The van der Waals surface area contributed by atoms with Crippen LogP contribution >= 0.6 is 29.7 Å². The largest absolute Gasteiger partial charge is 0.352 e. The molecule has 0 spiro atoms. The molecule has 1 aromatic rings. The number of rotatable bonds is 12. The molecule has 0 saturated carbocycles. The molecular formula is C18H30NO3PS2. The third-order valence-electron chi connectivity index (χ3n) is 4.01. The third kappa shape index (κ3) is 9.18. The average Bonchev–Trinajstić information content (AvgIpc) is 2.63. The van der Waals surface area contributed by atoms with Gasteiger partial charge in [-0.2, -0.15) is 11.8 Å². The van der Waals surface area contributed by atoms with E-state index in [0.29, 0.717) is 24.0 Å². The topological polar surface area (TPSA) is 55.4 Å². The minimum absolute atomic E-state index is 0.0152. The van der Waals surface area contributed by atoms with Gasteiger partial charge in [-0.3, -0.25) is 9.36 Å². The molecule has 1 aromatic carbocycles. The molecule has 0 saturated heterocycles. The fourth-order valence-electron chi connectivity index (χ4n) is 2.21. The molecule has 0 aromatic heterocycles. The molecule has 0 heterocycles. The Hall–Kier alpha value is -0.420. The Labute approximate surface area is 160 Å². The lowest BCUT2D eigenvalue weighted by molar-refractivity contribution is 0.0953. The van der Waals surface area contributed by atoms with E-state index in [1.54, 1.807) is 24.7 Å². The van der Waals surface area contributed by atoms with Crippen LogP contribution in [0.3, 0.4) is 0 Å². The maximum atomic E-state index is 12.1. The normalized spacial score (nSPS) is 14.7. The van der Waals surface area contributed by atoms with Crippen LogP contribution in [0.2, 0.25) is 0 Å². The molecule has 0 aliphatic heterocycles. The second-order valence-electron chi connectivity index (χ2n) is 5.96. The molecule has 2 unspecified atom stereocenters. The summed E-state index contributed by atoms with van der Waals surface area (Å²) in [7, 11) is 0. The van der Waals surface area contributed by atoms with Gasteiger partial charge >= 0.3 is 0 Å². The standard InChI is InChI=1S/C18H30NO3PS2/c1-15(24-3)16-9-11-17(12-10-16)18(20)19-13-7-5-6-8-14-22-23(2,21)25-4/h9-12,15H,5-8,13-14H2,1-4H3,(H,19,20). The van der Waals surface area contributed by atoms with Crippen molar-refractivity contribution in [1.29, 1.82) is 0 Å². The lowest BCUT2D eigenvalue weighted by atomic mass is 10.1. The zero-order chi connectivity index (χ0) is 18.7. The summed E-state index contributed by atoms with van der Waals surface area (Å²) in [5.41, 5.74) is 1.95. The van der Waals surface area contributed by atoms with Gasteiger partial charge in [0.25, 0.3) is 12.5 Å². The summed E-state index contributed by atoms with van der Waals surface area (Å²) >= 11 is 3.08. The summed E-state index contributed by atoms with van der Waals surface area (Å²) in [6.45, 7) is 2.60. The van der Waals surface area contributed by atoms with Crippen LogP contribution < -0.4 is 5.32 Å². The van der Waals surface area contributed by atoms with Crippen LogP contribution in [0.25, 0.3) is 0 Å². The van der Waals surface area contributed by atoms with Crippen molar-refractivity contribution in [3.05, 3.63) is 35.4 Å². The number of hydrogen-bond acceptors (Lipinski definition) is 5. The van der Waals surface area contributed by atoms with Gasteiger partial charge in [-0.25, -0.2) is 0 Å². The number of amides is 1. The molecule has 1 rings (SSSR count). The van der Waals surface area contributed by atoms with Crippen molar-refractivity contribution in [2.45, 2.75) is 37.9 Å². The van der Waals surface area contributed by atoms with Crippen LogP contribution in [0.15, 0.2) is 24.3 Å². The minimum Gasteiger partial charge on any atom is -0.352 e. The average molecular weight is 404 g/mol. The second-order valence-corrected chi connectivity index (χ2v) is 12.4. The van der Waals surface area contributed by atoms with E-state index in [9.17, 15) is 9.36 Å². The number of thioether (sulfide) groups is 1. The van der Waals surface area contributed by atoms with Gasteiger partial charge in [-0.05, 0) is 50.0 Å². The summed E-state index contributed by atoms with van der Waals surface area (Å²) in [6, 6.07) is 7.83. The maximum Gasteiger partial charge on any atom is 0.254 e. The van der Waals surface area contributed by atoms with E-state index in [1.165, 1.54) is 16.9 Å². The monoisotopic (exact) mass is 403 g/mol. The van der Waals surface area contributed by atoms with Crippen molar-refractivity contribution in [2.75, 3.05) is 32.3 Å². The Kier molecular flexibility index (Phi) is 10.9. The van der Waals surface area contributed by atoms with Crippen LogP contribution in [0, 0.1) is 0 Å². The molecule has 0 bridgehead atoms. The minimum atomic E-state index is -2.44. The summed E-state index contributed by atoms with van der Waals surface area (Å²) in [5, 5.41) is 3.41. The Morgan fingerprint density at radius 1 is 1.16 bits per heavy atom. The lowest BCUT2D eigenvalue weighted by Gasteiger charge is -2.11. The predicted molar refractivity (Wildman–Crippen MR) is 112 cm³/mol. The summed E-state index contributed by atoms with van der Waals surface area (Å²) < 4.78 is 17.1. The molecule has 1 N–H and O–H groups in total. The first kappa shape index (κ1) is 22.6. The van der Waals surface area contributed by atoms with Crippen LogP contribution in [0.4, 0.5) is 0 Å². The molecule has 0 aliphatic carbocycles. The van der Waals surface area contributed by atoms with E-state index in [0.717, 1.165) is 25.7 Å². The second kappa shape index (κ2) is 12.1. The van der Waals surface area contributed by atoms with Gasteiger partial charge in [-0.1, -0.05) is 36.4 Å². The smallest absolute Gasteiger partial charge is 0.254 e. The zero-order valence-electron chi connectivity index (χ0n) is 15.6. The van der Waals surface area contributed by atoms with E-state index in [1.807, 2.05) is 24.3 Å². The van der Waals surface area contributed by atoms with Gasteiger partial charge < -0.3 is 9.84 Å². The SMILES string of the molecule is CSC(C)c1ccc(C(=O)NCCCCCCOP(C)(=O)SC)cc1. The van der Waals surface area contributed by atoms with E-state index in [-0.39, 0.29) is 5.91 Å². The quantitative estimate of drug-likeness (QED) is 0.363. The Morgan fingerprint density at radius 2 is 1.80 bits per heavy atom. The highest BCUT2D eigenvalue weighted by Gasteiger charge is 2.12. The number of nitrogens with one attached hydrogen (secondary N) is 1. The van der Waals surface area contributed by atoms with Crippen LogP contribution in [-0.2, 0) is 9.09 Å². The predicted octanol–water partition coefficient (Wildman–Crippen LogP) is 5.60. The molecule has 25 heavy (non-hydrogen) atoms. The Bertz CT molecular complexity index is 566. The van der Waals surface area contributed by atoms with E-state index >= 15 is 0 Å². The van der Waals surface area contributed by atoms with Crippen molar-refractivity contribution < 1.29 is 13.9 Å². The molecular weight excluding hydrogens is 373 g/mol. The maximum absolute atomic E-state index is 12.1. The highest BCUT2D eigenvalue weighted by atomic mass is 32.7. The molecule has 0 aliphatic rings. The summed E-state index contributed by atoms with van der Waals surface area (Å²) in [5.74, 6) is -0.0152. The van der Waals surface area contributed by atoms with Crippen LogP contribution in [0.5, 0.6) is 0 Å². The highest BCUT2D eigenvalue weighted by molar-refractivity contribution is 8.56. The van der Waals surface area contributed by atoms with Gasteiger partial charge in [0, 0.05) is 24.0 Å². The fourth-order valence-corrected chi connectivity index (χ4v) is 3.74. The van der Waals surface area contributed by atoms with Crippen molar-refractivity contribution in [1.82, 2.24) is 5.32 Å². The molecule has 0 radical (unpaired) electrons. The first-order valence-corrected chi connectivity index (χ1v) is 13.8. The van der Waals surface area contributed by atoms with Gasteiger partial charge in [0.2, 0.25) is 0 Å². The number of unbranched alkanes of at least 4 members (excludes halogenated alkanes) is 3. The van der Waals surface area contributed by atoms with E-state index < -0.39 is 6.57 Å². The van der Waals surface area contributed by atoms with Crippen molar-refractivity contribution in [2.24, 2.45) is 0 Å². The van der Waals surface area contributed by atoms with Gasteiger partial charge in [0.15, 0.2) is 0 Å². The lowest BCUT2D eigenvalue weighted by Crippen LogP contribution is -2.24. The number of hydrogen-bond donors (Lipinski definition) is 1. The first-order valence-electron chi connectivity index (χ1n) is 8.58. The van der Waals surface area contributed by atoms with E-state index in [2.05, 4.69) is 18.5 Å². The molecule has 0 fully saturated rings.